The molecule has 2 heterocycles. The lowest BCUT2D eigenvalue weighted by Crippen LogP contribution is -1.96. The monoisotopic (exact) mass is 276 g/mol. The van der Waals surface area contributed by atoms with Crippen molar-refractivity contribution in [1.29, 1.82) is 0 Å². The number of nitrogen functional groups attached to an aromatic ring is 1. The van der Waals surface area contributed by atoms with Crippen LogP contribution in [0.3, 0.4) is 0 Å². The van der Waals surface area contributed by atoms with Crippen LogP contribution < -0.4 is 11.1 Å². The van der Waals surface area contributed by atoms with Gasteiger partial charge in [-0.3, -0.25) is 0 Å². The summed E-state index contributed by atoms with van der Waals surface area (Å²) in [4.78, 5) is 9.95. The molecule has 0 radical (unpaired) electrons. The molecule has 0 aliphatic rings. The second-order valence-electron chi connectivity index (χ2n) is 3.95. The molecule has 0 saturated carbocycles. The number of nitrogens with one attached hydrogen (secondary N) is 1. The van der Waals surface area contributed by atoms with Gasteiger partial charge in [0.25, 0.3) is 0 Å². The van der Waals surface area contributed by atoms with Crippen LogP contribution in [-0.4, -0.2) is 9.97 Å². The second kappa shape index (κ2) is 4.55. The topological polar surface area (TPSA) is 63.8 Å². The highest BCUT2D eigenvalue weighted by atomic mass is 32.1. The summed E-state index contributed by atoms with van der Waals surface area (Å²) >= 11 is 3.32. The lowest BCUT2D eigenvalue weighted by Gasteiger charge is -1.97. The predicted octanol–water partition coefficient (Wildman–Crippen LogP) is 3.26. The Hall–Kier alpha value is -1.66. The van der Waals surface area contributed by atoms with Crippen molar-refractivity contribution in [1.82, 2.24) is 9.97 Å². The number of fused-ring (bicyclic) bond motifs is 1. The quantitative estimate of drug-likeness (QED) is 0.721. The van der Waals surface area contributed by atoms with E-state index in [0.29, 0.717) is 0 Å². The molecule has 0 aliphatic heterocycles. The van der Waals surface area contributed by atoms with E-state index < -0.39 is 0 Å². The van der Waals surface area contributed by atoms with Crippen LogP contribution in [0.2, 0.25) is 0 Å². The van der Waals surface area contributed by atoms with E-state index in [1.807, 2.05) is 31.3 Å². The summed E-state index contributed by atoms with van der Waals surface area (Å²) < 4.78 is 1.11. The molecule has 6 heteroatoms. The standard InChI is InChI=1S/C12H12N4S2/c1-7-14-5-9(17-7)6-15-12-16-10-3-2-8(13)4-11(10)18-12/h2-5H,6,13H2,1H3,(H,15,16). The number of hydrogen-bond acceptors (Lipinski definition) is 6. The molecule has 0 saturated heterocycles. The maximum absolute atomic E-state index is 5.75. The summed E-state index contributed by atoms with van der Waals surface area (Å²) in [5, 5.41) is 5.33. The summed E-state index contributed by atoms with van der Waals surface area (Å²) in [5.41, 5.74) is 7.51. The number of nitrogens with zero attached hydrogens (tertiary/aromatic N) is 2. The third kappa shape index (κ3) is 2.30. The van der Waals surface area contributed by atoms with Gasteiger partial charge in [-0.15, -0.1) is 11.3 Å². The van der Waals surface area contributed by atoms with E-state index in [0.717, 1.165) is 32.6 Å². The average Bonchev–Trinajstić information content (AvgIpc) is 2.92. The van der Waals surface area contributed by atoms with Crippen LogP contribution in [0.15, 0.2) is 24.4 Å². The zero-order valence-electron chi connectivity index (χ0n) is 9.80. The van der Waals surface area contributed by atoms with Gasteiger partial charge in [-0.25, -0.2) is 9.97 Å². The van der Waals surface area contributed by atoms with Crippen LogP contribution in [0.4, 0.5) is 10.8 Å². The van der Waals surface area contributed by atoms with Crippen LogP contribution in [0.25, 0.3) is 10.2 Å². The van der Waals surface area contributed by atoms with Crippen molar-refractivity contribution in [2.45, 2.75) is 13.5 Å². The largest absolute Gasteiger partial charge is 0.399 e. The molecule has 0 bridgehead atoms. The van der Waals surface area contributed by atoms with Gasteiger partial charge in [-0.1, -0.05) is 11.3 Å². The van der Waals surface area contributed by atoms with E-state index in [1.165, 1.54) is 4.88 Å². The fourth-order valence-corrected chi connectivity index (χ4v) is 3.31. The minimum Gasteiger partial charge on any atom is -0.399 e. The fraction of sp³-hybridized carbons (Fsp3) is 0.167. The molecule has 0 atom stereocenters. The van der Waals surface area contributed by atoms with Crippen LogP contribution >= 0.6 is 22.7 Å². The van der Waals surface area contributed by atoms with Gasteiger partial charge >= 0.3 is 0 Å². The van der Waals surface area contributed by atoms with Crippen molar-refractivity contribution in [3.63, 3.8) is 0 Å². The molecule has 3 rings (SSSR count). The van der Waals surface area contributed by atoms with Gasteiger partial charge in [-0.2, -0.15) is 0 Å². The van der Waals surface area contributed by atoms with E-state index in [2.05, 4.69) is 15.3 Å². The normalized spacial score (nSPS) is 10.9. The molecule has 4 nitrogen and oxygen atoms in total. The fourth-order valence-electron chi connectivity index (χ4n) is 1.67. The SMILES string of the molecule is Cc1ncc(CNc2nc3ccc(N)cc3s2)s1. The number of thiazole rings is 2. The predicted molar refractivity (Wildman–Crippen MR) is 78.2 cm³/mol. The summed E-state index contributed by atoms with van der Waals surface area (Å²) in [6.45, 7) is 2.77. The molecule has 0 amide bonds. The highest BCUT2D eigenvalue weighted by Gasteiger charge is 2.04. The molecule has 1 aromatic carbocycles. The number of aryl methyl sites for hydroxylation is 1. The third-order valence-electron chi connectivity index (χ3n) is 2.50. The van der Waals surface area contributed by atoms with E-state index in [4.69, 9.17) is 5.73 Å². The number of rotatable bonds is 3. The molecule has 0 aliphatic carbocycles. The van der Waals surface area contributed by atoms with E-state index in [1.54, 1.807) is 22.7 Å². The first-order chi connectivity index (χ1) is 8.70. The highest BCUT2D eigenvalue weighted by Crippen LogP contribution is 2.28. The number of hydrogen-bond donors (Lipinski definition) is 2. The zero-order chi connectivity index (χ0) is 12.5. The Kier molecular flexibility index (Phi) is 2.89. The van der Waals surface area contributed by atoms with Gasteiger partial charge in [0, 0.05) is 16.8 Å². The first kappa shape index (κ1) is 11.4. The van der Waals surface area contributed by atoms with Gasteiger partial charge in [0.2, 0.25) is 0 Å². The minimum absolute atomic E-state index is 0.765. The Balaban J connectivity index is 1.78. The van der Waals surface area contributed by atoms with E-state index in [9.17, 15) is 0 Å². The Morgan fingerprint density at radius 3 is 3.00 bits per heavy atom. The smallest absolute Gasteiger partial charge is 0.184 e. The first-order valence-electron chi connectivity index (χ1n) is 5.52. The molecule has 2 aromatic heterocycles. The molecule has 3 aromatic rings. The van der Waals surface area contributed by atoms with E-state index >= 15 is 0 Å². The maximum Gasteiger partial charge on any atom is 0.184 e. The summed E-state index contributed by atoms with van der Waals surface area (Å²) in [7, 11) is 0. The van der Waals surface area contributed by atoms with Gasteiger partial charge in [-0.05, 0) is 25.1 Å². The van der Waals surface area contributed by atoms with Gasteiger partial charge in [0.1, 0.15) is 0 Å². The minimum atomic E-state index is 0.765. The summed E-state index contributed by atoms with van der Waals surface area (Å²) in [5.74, 6) is 0. The third-order valence-corrected chi connectivity index (χ3v) is 4.38. The maximum atomic E-state index is 5.75. The summed E-state index contributed by atoms with van der Waals surface area (Å²) in [6.07, 6.45) is 1.90. The zero-order valence-corrected chi connectivity index (χ0v) is 11.4. The Labute approximate surface area is 113 Å². The summed E-state index contributed by atoms with van der Waals surface area (Å²) in [6, 6.07) is 5.77. The lowest BCUT2D eigenvalue weighted by atomic mass is 10.3. The highest BCUT2D eigenvalue weighted by molar-refractivity contribution is 7.22. The van der Waals surface area contributed by atoms with Crippen molar-refractivity contribution in [2.75, 3.05) is 11.1 Å². The van der Waals surface area contributed by atoms with Crippen molar-refractivity contribution in [3.05, 3.63) is 34.3 Å². The molecule has 0 spiro atoms. The van der Waals surface area contributed by atoms with Crippen LogP contribution in [0.5, 0.6) is 0 Å². The Bertz CT molecular complexity index is 686. The van der Waals surface area contributed by atoms with Crippen LogP contribution in [0, 0.1) is 6.92 Å². The van der Waals surface area contributed by atoms with Crippen molar-refractivity contribution >= 4 is 43.7 Å². The number of benzene rings is 1. The lowest BCUT2D eigenvalue weighted by molar-refractivity contribution is 1.16. The number of anilines is 2. The molecular formula is C12H12N4S2. The molecule has 3 N–H and O–H groups in total. The average molecular weight is 276 g/mol. The Morgan fingerprint density at radius 1 is 1.33 bits per heavy atom. The van der Waals surface area contributed by atoms with Crippen molar-refractivity contribution in [2.24, 2.45) is 0 Å². The number of aromatic nitrogens is 2. The molecule has 0 unspecified atom stereocenters. The molecular weight excluding hydrogens is 264 g/mol. The van der Waals surface area contributed by atoms with Gasteiger partial charge in [0.15, 0.2) is 5.13 Å². The molecule has 18 heavy (non-hydrogen) atoms. The van der Waals surface area contributed by atoms with Crippen molar-refractivity contribution in [3.8, 4) is 0 Å². The second-order valence-corrected chi connectivity index (χ2v) is 6.30. The first-order valence-corrected chi connectivity index (χ1v) is 7.15. The van der Waals surface area contributed by atoms with Crippen LogP contribution in [0.1, 0.15) is 9.88 Å². The number of nitrogens with two attached hydrogens (primary N) is 1. The van der Waals surface area contributed by atoms with Gasteiger partial charge < -0.3 is 11.1 Å². The Morgan fingerprint density at radius 2 is 2.22 bits per heavy atom. The molecule has 92 valence electrons. The molecule has 0 fully saturated rings. The van der Waals surface area contributed by atoms with Gasteiger partial charge in [0.05, 0.1) is 21.8 Å². The van der Waals surface area contributed by atoms with Crippen molar-refractivity contribution < 1.29 is 0 Å². The van der Waals surface area contributed by atoms with E-state index in [-0.39, 0.29) is 0 Å². The van der Waals surface area contributed by atoms with Crippen LogP contribution in [-0.2, 0) is 6.54 Å².